The van der Waals surface area contributed by atoms with Crippen molar-refractivity contribution in [2.24, 2.45) is 0 Å². The van der Waals surface area contributed by atoms with Crippen LogP contribution in [0.15, 0.2) is 0 Å². The monoisotopic (exact) mass is 215 g/mol. The van der Waals surface area contributed by atoms with Crippen LogP contribution in [-0.4, -0.2) is 25.2 Å². The molecule has 0 radical (unpaired) electrons. The second-order valence-electron chi connectivity index (χ2n) is 1.98. The molecule has 1 N–H and O–H groups in total. The Balaban J connectivity index is 5.17. The zero-order chi connectivity index (χ0) is 10.9. The lowest BCUT2D eigenvalue weighted by Gasteiger charge is -2.32. The molecule has 2 nitrogen and oxygen atoms in total. The molecule has 0 aromatic heterocycles. The summed E-state index contributed by atoms with van der Waals surface area (Å²) in [5.74, 6) is 0. The van der Waals surface area contributed by atoms with Gasteiger partial charge in [0.1, 0.15) is 0 Å². The Morgan fingerprint density at radius 1 is 0.923 bits per heavy atom. The van der Waals surface area contributed by atoms with E-state index in [4.69, 9.17) is 0 Å². The van der Waals surface area contributed by atoms with Crippen molar-refractivity contribution in [1.82, 2.24) is 5.54 Å². The number of rotatable bonds is 2. The molecule has 0 spiro atoms. The molecule has 9 heteroatoms. The highest BCUT2D eigenvalue weighted by atomic mass is 19.4. The van der Waals surface area contributed by atoms with Crippen LogP contribution in [-0.2, 0) is 4.74 Å². The molecule has 0 aromatic rings. The summed E-state index contributed by atoms with van der Waals surface area (Å²) in [5.41, 5.74) is -5.39. The van der Waals surface area contributed by atoms with Gasteiger partial charge in [0.05, 0.1) is 0 Å². The Morgan fingerprint density at radius 2 is 1.23 bits per heavy atom. The fourth-order valence-electron chi connectivity index (χ4n) is 0.538. The van der Waals surface area contributed by atoms with Crippen molar-refractivity contribution >= 4 is 0 Å². The Morgan fingerprint density at radius 3 is 1.23 bits per heavy atom. The van der Waals surface area contributed by atoms with Gasteiger partial charge in [0.2, 0.25) is 0 Å². The van der Waals surface area contributed by atoms with Gasteiger partial charge in [0, 0.05) is 7.11 Å². The largest absolute Gasteiger partial charge is 0.443 e. The number of hydrogen-bond acceptors (Lipinski definition) is 2. The van der Waals surface area contributed by atoms with Crippen molar-refractivity contribution in [2.45, 2.75) is 18.1 Å². The van der Waals surface area contributed by atoms with Crippen LogP contribution in [0.25, 0.3) is 0 Å². The maximum Gasteiger partial charge on any atom is 0.443 e. The molecule has 0 unspecified atom stereocenters. The molecule has 0 heterocycles. The predicted molar refractivity (Wildman–Crippen MR) is 26.1 cm³/mol. The van der Waals surface area contributed by atoms with E-state index in [2.05, 4.69) is 4.74 Å². The first-order valence-electron chi connectivity index (χ1n) is 2.69. The summed E-state index contributed by atoms with van der Waals surface area (Å²) in [6, 6.07) is 0. The molecule has 80 valence electrons. The van der Waals surface area contributed by atoms with E-state index in [9.17, 15) is 30.8 Å². The summed E-state index contributed by atoms with van der Waals surface area (Å²) >= 11 is 0. The average Bonchev–Trinajstić information content (AvgIpc) is 1.84. The van der Waals surface area contributed by atoms with E-state index in [0.29, 0.717) is 0 Å². The third kappa shape index (κ3) is 1.85. The molecule has 0 aliphatic carbocycles. The van der Waals surface area contributed by atoms with E-state index in [1.54, 1.807) is 0 Å². The van der Waals surface area contributed by atoms with E-state index in [1.807, 2.05) is 0 Å². The lowest BCUT2D eigenvalue weighted by atomic mass is 10.2. The molecule has 0 aliphatic rings. The summed E-state index contributed by atoms with van der Waals surface area (Å²) in [4.78, 5) is 0. The first-order chi connectivity index (χ1) is 5.62. The zero-order valence-electron chi connectivity index (χ0n) is 6.05. The fraction of sp³-hybridized carbons (Fsp3) is 1.00. The van der Waals surface area contributed by atoms with Gasteiger partial charge >= 0.3 is 18.1 Å². The summed E-state index contributed by atoms with van der Waals surface area (Å²) in [7, 11) is 0.0908. The van der Waals surface area contributed by atoms with Gasteiger partial charge in [0.25, 0.3) is 0 Å². The first kappa shape index (κ1) is 12.4. The minimum absolute atomic E-state index is 0.0908. The molecular formula is C4H4F7NO. The van der Waals surface area contributed by atoms with Crippen molar-refractivity contribution in [3.63, 3.8) is 0 Å². The van der Waals surface area contributed by atoms with E-state index < -0.39 is 23.6 Å². The van der Waals surface area contributed by atoms with Gasteiger partial charge in [-0.25, -0.2) is 0 Å². The van der Waals surface area contributed by atoms with Crippen LogP contribution < -0.4 is 5.54 Å². The molecule has 13 heavy (non-hydrogen) atoms. The lowest BCUT2D eigenvalue weighted by molar-refractivity contribution is -0.398. The third-order valence-electron chi connectivity index (χ3n) is 1.24. The summed E-state index contributed by atoms with van der Waals surface area (Å²) in [6.07, 6.45) is -11.9. The zero-order valence-corrected chi connectivity index (χ0v) is 6.05. The lowest BCUT2D eigenvalue weighted by Crippen LogP contribution is -2.65. The smallest absolute Gasteiger partial charge is 0.347 e. The van der Waals surface area contributed by atoms with Crippen molar-refractivity contribution < 1.29 is 35.6 Å². The van der Waals surface area contributed by atoms with Gasteiger partial charge in [0.15, 0.2) is 0 Å². The molecule has 0 saturated carbocycles. The summed E-state index contributed by atoms with van der Waals surface area (Å²) in [6.45, 7) is 0. The van der Waals surface area contributed by atoms with Crippen molar-refractivity contribution in [3.8, 4) is 0 Å². The van der Waals surface area contributed by atoms with E-state index in [0.717, 1.165) is 0 Å². The van der Waals surface area contributed by atoms with Crippen LogP contribution >= 0.6 is 0 Å². The molecule has 0 aliphatic heterocycles. The Bertz CT molecular complexity index is 152. The normalized spacial score (nSPS) is 14.8. The number of alkyl halides is 6. The molecular weight excluding hydrogens is 211 g/mol. The van der Waals surface area contributed by atoms with Gasteiger partial charge in [-0.1, -0.05) is 0 Å². The fourth-order valence-corrected chi connectivity index (χ4v) is 0.538. The molecule has 0 saturated heterocycles. The van der Waals surface area contributed by atoms with E-state index in [1.165, 1.54) is 0 Å². The van der Waals surface area contributed by atoms with Crippen molar-refractivity contribution in [1.29, 1.82) is 0 Å². The average molecular weight is 215 g/mol. The quantitative estimate of drug-likeness (QED) is 0.431. The standard InChI is InChI=1S/C4H4F7NO/c1-13-2(12-11,3(5,6)7)4(8,9)10/h12H,1H3. The molecule has 0 amide bonds. The Labute approximate surface area is 67.6 Å². The van der Waals surface area contributed by atoms with Crippen LogP contribution in [0.5, 0.6) is 0 Å². The molecule has 0 atom stereocenters. The molecule has 0 rings (SSSR count). The maximum atomic E-state index is 11.7. The maximum absolute atomic E-state index is 11.7. The highest BCUT2D eigenvalue weighted by molar-refractivity contribution is 4.90. The van der Waals surface area contributed by atoms with Crippen LogP contribution in [0.3, 0.4) is 0 Å². The molecule has 0 fully saturated rings. The molecule has 0 aromatic carbocycles. The van der Waals surface area contributed by atoms with Gasteiger partial charge in [-0.05, 0) is 0 Å². The second-order valence-corrected chi connectivity index (χ2v) is 1.98. The minimum Gasteiger partial charge on any atom is -0.347 e. The molecule has 0 bridgehead atoms. The van der Waals surface area contributed by atoms with E-state index in [-0.39, 0.29) is 7.11 Å². The number of ether oxygens (including phenoxy) is 1. The third-order valence-corrected chi connectivity index (χ3v) is 1.24. The SMILES string of the molecule is COC(NF)(C(F)(F)F)C(F)(F)F. The van der Waals surface area contributed by atoms with Crippen LogP contribution in [0.4, 0.5) is 30.8 Å². The topological polar surface area (TPSA) is 21.3 Å². The predicted octanol–water partition coefficient (Wildman–Crippen LogP) is 1.93. The van der Waals surface area contributed by atoms with Gasteiger partial charge in [-0.3, -0.25) is 0 Å². The summed E-state index contributed by atoms with van der Waals surface area (Å²) in [5, 5.41) is 0. The Hall–Kier alpha value is -0.570. The number of nitrogens with one attached hydrogen (secondary N) is 1. The highest BCUT2D eigenvalue weighted by Crippen LogP contribution is 2.43. The van der Waals surface area contributed by atoms with Gasteiger partial charge < -0.3 is 4.74 Å². The van der Waals surface area contributed by atoms with Gasteiger partial charge in [-0.2, -0.15) is 26.3 Å². The Kier molecular flexibility index (Phi) is 3.15. The number of methoxy groups -OCH3 is 1. The van der Waals surface area contributed by atoms with Gasteiger partial charge in [-0.15, -0.1) is 10.0 Å². The minimum atomic E-state index is -5.94. The van der Waals surface area contributed by atoms with Crippen LogP contribution in [0.1, 0.15) is 0 Å². The van der Waals surface area contributed by atoms with Crippen molar-refractivity contribution in [2.75, 3.05) is 7.11 Å². The van der Waals surface area contributed by atoms with Crippen molar-refractivity contribution in [3.05, 3.63) is 0 Å². The number of halogens is 7. The van der Waals surface area contributed by atoms with Crippen LogP contribution in [0.2, 0.25) is 0 Å². The highest BCUT2D eigenvalue weighted by Gasteiger charge is 2.73. The second kappa shape index (κ2) is 3.29. The number of hydrogen-bond donors (Lipinski definition) is 1. The van der Waals surface area contributed by atoms with E-state index >= 15 is 0 Å². The summed E-state index contributed by atoms with van der Waals surface area (Å²) < 4.78 is 84.9. The first-order valence-corrected chi connectivity index (χ1v) is 2.69. The van der Waals surface area contributed by atoms with Crippen LogP contribution in [0, 0.1) is 0 Å².